The number of hydrogen-bond donors (Lipinski definition) is 2. The lowest BCUT2D eigenvalue weighted by molar-refractivity contribution is -0.120. The van der Waals surface area contributed by atoms with Gasteiger partial charge in [0.2, 0.25) is 5.91 Å². The van der Waals surface area contributed by atoms with Crippen molar-refractivity contribution in [2.45, 2.75) is 26.3 Å². The van der Waals surface area contributed by atoms with Crippen LogP contribution in [0.2, 0.25) is 0 Å². The second-order valence-corrected chi connectivity index (χ2v) is 2.31. The monoisotopic (exact) mass is 166 g/mol. The molecule has 3 nitrogen and oxygen atoms in total. The maximum Gasteiger partial charge on any atom is 0.234 e. The second-order valence-electron chi connectivity index (χ2n) is 2.31. The van der Waals surface area contributed by atoms with E-state index in [1.165, 1.54) is 0 Å². The SMILES string of the molecule is CC[C@H](C)[C@H](N)C(N)=O.Cl. The van der Waals surface area contributed by atoms with Crippen LogP contribution in [0.15, 0.2) is 0 Å². The molecule has 62 valence electrons. The zero-order valence-electron chi connectivity index (χ0n) is 6.33. The number of nitrogens with two attached hydrogens (primary N) is 2. The maximum atomic E-state index is 10.4. The lowest BCUT2D eigenvalue weighted by atomic mass is 10.00. The summed E-state index contributed by atoms with van der Waals surface area (Å²) >= 11 is 0. The van der Waals surface area contributed by atoms with Crippen molar-refractivity contribution in [3.8, 4) is 0 Å². The van der Waals surface area contributed by atoms with E-state index < -0.39 is 11.9 Å². The molecular weight excluding hydrogens is 152 g/mol. The molecule has 0 aromatic carbocycles. The highest BCUT2D eigenvalue weighted by Crippen LogP contribution is 2.03. The van der Waals surface area contributed by atoms with Crippen LogP contribution in [0.25, 0.3) is 0 Å². The van der Waals surface area contributed by atoms with E-state index in [9.17, 15) is 4.79 Å². The smallest absolute Gasteiger partial charge is 0.234 e. The molecule has 4 heteroatoms. The first-order chi connectivity index (χ1) is 4.09. The molecule has 0 aromatic rings. The minimum Gasteiger partial charge on any atom is -0.368 e. The summed E-state index contributed by atoms with van der Waals surface area (Å²) in [5.74, 6) is -0.216. The van der Waals surface area contributed by atoms with Gasteiger partial charge in [0.25, 0.3) is 0 Å². The maximum absolute atomic E-state index is 10.4. The van der Waals surface area contributed by atoms with Crippen molar-refractivity contribution in [3.05, 3.63) is 0 Å². The summed E-state index contributed by atoms with van der Waals surface area (Å²) in [5.41, 5.74) is 10.3. The molecular formula is C6H15ClN2O. The molecule has 0 bridgehead atoms. The van der Waals surface area contributed by atoms with Crippen molar-refractivity contribution < 1.29 is 4.79 Å². The first-order valence-electron chi connectivity index (χ1n) is 3.14. The molecule has 4 N–H and O–H groups in total. The Kier molecular flexibility index (Phi) is 6.82. The van der Waals surface area contributed by atoms with Gasteiger partial charge in [-0.15, -0.1) is 12.4 Å². The first kappa shape index (κ1) is 12.4. The van der Waals surface area contributed by atoms with Gasteiger partial charge in [-0.25, -0.2) is 0 Å². The summed E-state index contributed by atoms with van der Waals surface area (Å²) in [7, 11) is 0. The molecule has 0 saturated heterocycles. The van der Waals surface area contributed by atoms with Crippen molar-refractivity contribution in [2.24, 2.45) is 17.4 Å². The summed E-state index contributed by atoms with van der Waals surface area (Å²) in [6.45, 7) is 3.89. The van der Waals surface area contributed by atoms with Gasteiger partial charge in [-0.2, -0.15) is 0 Å². The van der Waals surface area contributed by atoms with E-state index in [4.69, 9.17) is 11.5 Å². The van der Waals surface area contributed by atoms with Crippen LogP contribution < -0.4 is 11.5 Å². The van der Waals surface area contributed by atoms with Crippen molar-refractivity contribution in [1.82, 2.24) is 0 Å². The minimum absolute atomic E-state index is 0. The summed E-state index contributed by atoms with van der Waals surface area (Å²) in [5, 5.41) is 0. The standard InChI is InChI=1S/C6H14N2O.ClH/c1-3-4(2)5(7)6(8)9;/h4-5H,3,7H2,1-2H3,(H2,8,9);1H/t4-,5-;/m0./s1. The van der Waals surface area contributed by atoms with Crippen LogP contribution in [0, 0.1) is 5.92 Å². The number of primary amides is 1. The predicted octanol–water partition coefficient (Wildman–Crippen LogP) is 0.267. The van der Waals surface area contributed by atoms with E-state index >= 15 is 0 Å². The highest BCUT2D eigenvalue weighted by molar-refractivity contribution is 5.85. The fourth-order valence-electron chi connectivity index (χ4n) is 0.534. The Morgan fingerprint density at radius 2 is 2.00 bits per heavy atom. The van der Waals surface area contributed by atoms with Gasteiger partial charge >= 0.3 is 0 Å². The fraction of sp³-hybridized carbons (Fsp3) is 0.833. The average molecular weight is 167 g/mol. The van der Waals surface area contributed by atoms with Gasteiger partial charge in [-0.05, 0) is 5.92 Å². The molecule has 1 amide bonds. The number of rotatable bonds is 3. The Balaban J connectivity index is 0. The third-order valence-corrected chi connectivity index (χ3v) is 1.59. The number of amides is 1. The van der Waals surface area contributed by atoms with E-state index in [1.54, 1.807) is 0 Å². The van der Waals surface area contributed by atoms with Crippen molar-refractivity contribution in [1.29, 1.82) is 0 Å². The van der Waals surface area contributed by atoms with E-state index in [0.29, 0.717) is 0 Å². The normalized spacial score (nSPS) is 15.1. The highest BCUT2D eigenvalue weighted by atomic mass is 35.5. The predicted molar refractivity (Wildman–Crippen MR) is 43.9 cm³/mol. The molecule has 0 fully saturated rings. The zero-order chi connectivity index (χ0) is 7.44. The molecule has 0 aliphatic heterocycles. The number of halogens is 1. The Hall–Kier alpha value is -0.280. The molecule has 0 unspecified atom stereocenters. The molecule has 0 aromatic heterocycles. The van der Waals surface area contributed by atoms with Crippen LogP contribution in [-0.4, -0.2) is 11.9 Å². The van der Waals surface area contributed by atoms with Gasteiger partial charge in [-0.1, -0.05) is 20.3 Å². The number of carbonyl (C=O) groups excluding carboxylic acids is 1. The van der Waals surface area contributed by atoms with Crippen LogP contribution in [0.3, 0.4) is 0 Å². The third-order valence-electron chi connectivity index (χ3n) is 1.59. The average Bonchev–Trinajstić information content (AvgIpc) is 1.84. The van der Waals surface area contributed by atoms with Gasteiger partial charge in [0, 0.05) is 0 Å². The lowest BCUT2D eigenvalue weighted by Crippen LogP contribution is -2.41. The second kappa shape index (κ2) is 5.50. The number of hydrogen-bond acceptors (Lipinski definition) is 2. The molecule has 0 heterocycles. The van der Waals surface area contributed by atoms with Gasteiger partial charge in [0.1, 0.15) is 0 Å². The van der Waals surface area contributed by atoms with Crippen LogP contribution in [-0.2, 0) is 4.79 Å². The summed E-state index contributed by atoms with van der Waals surface area (Å²) in [6, 6.07) is -0.477. The van der Waals surface area contributed by atoms with Crippen LogP contribution in [0.4, 0.5) is 0 Å². The molecule has 0 saturated carbocycles. The van der Waals surface area contributed by atoms with Gasteiger partial charge < -0.3 is 11.5 Å². The lowest BCUT2D eigenvalue weighted by Gasteiger charge is -2.13. The fourth-order valence-corrected chi connectivity index (χ4v) is 0.534. The van der Waals surface area contributed by atoms with Crippen LogP contribution >= 0.6 is 12.4 Å². The molecule has 0 radical (unpaired) electrons. The summed E-state index contributed by atoms with van der Waals surface area (Å²) < 4.78 is 0. The van der Waals surface area contributed by atoms with Gasteiger partial charge in [0.05, 0.1) is 6.04 Å². The van der Waals surface area contributed by atoms with E-state index in [2.05, 4.69) is 0 Å². The van der Waals surface area contributed by atoms with Gasteiger partial charge in [-0.3, -0.25) is 4.79 Å². The van der Waals surface area contributed by atoms with Gasteiger partial charge in [0.15, 0.2) is 0 Å². The summed E-state index contributed by atoms with van der Waals surface area (Å²) in [6.07, 6.45) is 0.893. The van der Waals surface area contributed by atoms with Crippen LogP contribution in [0.1, 0.15) is 20.3 Å². The topological polar surface area (TPSA) is 69.1 Å². The van der Waals surface area contributed by atoms with E-state index in [0.717, 1.165) is 6.42 Å². The molecule has 0 spiro atoms. The highest BCUT2D eigenvalue weighted by Gasteiger charge is 2.15. The van der Waals surface area contributed by atoms with Crippen molar-refractivity contribution >= 4 is 18.3 Å². The quantitative estimate of drug-likeness (QED) is 0.632. The minimum atomic E-state index is -0.477. The number of carbonyl (C=O) groups is 1. The Morgan fingerprint density at radius 3 is 2.10 bits per heavy atom. The van der Waals surface area contributed by atoms with E-state index in [1.807, 2.05) is 13.8 Å². The largest absolute Gasteiger partial charge is 0.368 e. The Bertz CT molecular complexity index is 108. The molecule has 0 rings (SSSR count). The molecule has 2 atom stereocenters. The van der Waals surface area contributed by atoms with Crippen molar-refractivity contribution in [2.75, 3.05) is 0 Å². The molecule has 10 heavy (non-hydrogen) atoms. The van der Waals surface area contributed by atoms with Crippen molar-refractivity contribution in [3.63, 3.8) is 0 Å². The molecule has 0 aliphatic carbocycles. The zero-order valence-corrected chi connectivity index (χ0v) is 7.15. The van der Waals surface area contributed by atoms with Crippen LogP contribution in [0.5, 0.6) is 0 Å². The third kappa shape index (κ3) is 3.69. The Labute approximate surface area is 67.6 Å². The summed E-state index contributed by atoms with van der Waals surface area (Å²) in [4.78, 5) is 10.4. The van der Waals surface area contributed by atoms with E-state index in [-0.39, 0.29) is 18.3 Å². The first-order valence-corrected chi connectivity index (χ1v) is 3.14. The Morgan fingerprint density at radius 1 is 1.60 bits per heavy atom. The molecule has 0 aliphatic rings.